The van der Waals surface area contributed by atoms with Crippen molar-refractivity contribution >= 4 is 5.91 Å². The summed E-state index contributed by atoms with van der Waals surface area (Å²) in [6.07, 6.45) is 3.71. The van der Waals surface area contributed by atoms with Crippen LogP contribution in [-0.4, -0.2) is 25.0 Å². The summed E-state index contributed by atoms with van der Waals surface area (Å²) in [5.41, 5.74) is 0. The smallest absolute Gasteiger partial charge is 0.222 e. The number of nitrogens with zero attached hydrogens (tertiary/aromatic N) is 1. The molecule has 0 aliphatic heterocycles. The summed E-state index contributed by atoms with van der Waals surface area (Å²) in [5.74, 6) is 0.700. The second-order valence-corrected chi connectivity index (χ2v) is 4.09. The van der Waals surface area contributed by atoms with Gasteiger partial charge in [0.25, 0.3) is 0 Å². The molecule has 0 aromatic carbocycles. The van der Waals surface area contributed by atoms with Gasteiger partial charge in [0.1, 0.15) is 6.04 Å². The van der Waals surface area contributed by atoms with Crippen LogP contribution in [0.3, 0.4) is 0 Å². The summed E-state index contributed by atoms with van der Waals surface area (Å²) >= 11 is 0. The van der Waals surface area contributed by atoms with Crippen LogP contribution in [0.4, 0.5) is 0 Å². The molecule has 1 aliphatic carbocycles. The number of amides is 1. The Kier molecular flexibility index (Phi) is 5.13. The molecule has 4 nitrogen and oxygen atoms in total. The van der Waals surface area contributed by atoms with Crippen LogP contribution in [0.25, 0.3) is 0 Å². The lowest BCUT2D eigenvalue weighted by Gasteiger charge is -2.10. The van der Waals surface area contributed by atoms with Gasteiger partial charge < -0.3 is 10.6 Å². The molecular formula is C11H19N3O. The summed E-state index contributed by atoms with van der Waals surface area (Å²) in [4.78, 5) is 11.3. The maximum atomic E-state index is 11.3. The minimum absolute atomic E-state index is 0.0355. The molecule has 0 aromatic heterocycles. The largest absolute Gasteiger partial charge is 0.356 e. The van der Waals surface area contributed by atoms with Gasteiger partial charge in [-0.1, -0.05) is 6.92 Å². The van der Waals surface area contributed by atoms with Crippen LogP contribution in [0, 0.1) is 17.2 Å². The van der Waals surface area contributed by atoms with E-state index in [-0.39, 0.29) is 18.4 Å². The van der Waals surface area contributed by atoms with E-state index in [0.29, 0.717) is 6.54 Å². The van der Waals surface area contributed by atoms with Crippen LogP contribution >= 0.6 is 0 Å². The summed E-state index contributed by atoms with van der Waals surface area (Å²) < 4.78 is 0. The van der Waals surface area contributed by atoms with Gasteiger partial charge in [-0.05, 0) is 31.7 Å². The van der Waals surface area contributed by atoms with E-state index in [1.807, 2.05) is 6.92 Å². The van der Waals surface area contributed by atoms with E-state index >= 15 is 0 Å². The molecule has 1 fully saturated rings. The standard InChI is InChI=1S/C11H19N3O/c1-2-5-13-11(15)6-10(7-12)14-8-9-3-4-9/h9-10,14H,2-6,8H2,1H3,(H,13,15). The van der Waals surface area contributed by atoms with E-state index in [9.17, 15) is 4.79 Å². The molecule has 1 amide bonds. The molecule has 0 aromatic rings. The maximum Gasteiger partial charge on any atom is 0.222 e. The highest BCUT2D eigenvalue weighted by Crippen LogP contribution is 2.27. The third-order valence-corrected chi connectivity index (χ3v) is 2.47. The van der Waals surface area contributed by atoms with Gasteiger partial charge in [-0.2, -0.15) is 5.26 Å². The van der Waals surface area contributed by atoms with Crippen LogP contribution in [0.5, 0.6) is 0 Å². The number of hydrogen-bond acceptors (Lipinski definition) is 3. The van der Waals surface area contributed by atoms with E-state index in [2.05, 4.69) is 16.7 Å². The van der Waals surface area contributed by atoms with E-state index in [0.717, 1.165) is 18.9 Å². The predicted octanol–water partition coefficient (Wildman–Crippen LogP) is 0.794. The van der Waals surface area contributed by atoms with Crippen LogP contribution < -0.4 is 10.6 Å². The zero-order valence-corrected chi connectivity index (χ0v) is 9.25. The van der Waals surface area contributed by atoms with E-state index in [1.165, 1.54) is 12.8 Å². The first kappa shape index (κ1) is 12.0. The Bertz CT molecular complexity index is 243. The van der Waals surface area contributed by atoms with Crippen molar-refractivity contribution in [3.63, 3.8) is 0 Å². The highest BCUT2D eigenvalue weighted by atomic mass is 16.1. The summed E-state index contributed by atoms with van der Waals surface area (Å²) in [6.45, 7) is 3.58. The van der Waals surface area contributed by atoms with Gasteiger partial charge in [0.15, 0.2) is 0 Å². The average Bonchev–Trinajstić information content (AvgIpc) is 3.05. The summed E-state index contributed by atoms with van der Waals surface area (Å²) in [5, 5.41) is 14.7. The zero-order chi connectivity index (χ0) is 11.1. The Morgan fingerprint density at radius 2 is 2.33 bits per heavy atom. The van der Waals surface area contributed by atoms with Crippen molar-refractivity contribution in [3.8, 4) is 6.07 Å². The molecular weight excluding hydrogens is 190 g/mol. The fourth-order valence-electron chi connectivity index (χ4n) is 1.32. The summed E-state index contributed by atoms with van der Waals surface area (Å²) in [6, 6.07) is 1.79. The van der Waals surface area contributed by atoms with E-state index in [4.69, 9.17) is 5.26 Å². The third kappa shape index (κ3) is 5.38. The Labute approximate surface area is 91.0 Å². The van der Waals surface area contributed by atoms with Gasteiger partial charge in [0.2, 0.25) is 5.91 Å². The lowest BCUT2D eigenvalue weighted by atomic mass is 10.2. The number of nitriles is 1. The van der Waals surface area contributed by atoms with Crippen LogP contribution in [0.1, 0.15) is 32.6 Å². The van der Waals surface area contributed by atoms with Crippen molar-refractivity contribution in [1.82, 2.24) is 10.6 Å². The Morgan fingerprint density at radius 1 is 1.60 bits per heavy atom. The van der Waals surface area contributed by atoms with Crippen LogP contribution in [0.2, 0.25) is 0 Å². The SMILES string of the molecule is CCCNC(=O)CC(C#N)NCC1CC1. The second-order valence-electron chi connectivity index (χ2n) is 4.09. The minimum Gasteiger partial charge on any atom is -0.356 e. The van der Waals surface area contributed by atoms with Crippen molar-refractivity contribution in [2.24, 2.45) is 5.92 Å². The molecule has 84 valence electrons. The molecule has 4 heteroatoms. The van der Waals surface area contributed by atoms with Crippen molar-refractivity contribution in [1.29, 1.82) is 5.26 Å². The first-order chi connectivity index (χ1) is 7.26. The third-order valence-electron chi connectivity index (χ3n) is 2.47. The molecule has 1 atom stereocenters. The topological polar surface area (TPSA) is 64.9 Å². The molecule has 1 unspecified atom stereocenters. The fraction of sp³-hybridized carbons (Fsp3) is 0.818. The number of carbonyl (C=O) groups excluding carboxylic acids is 1. The predicted molar refractivity (Wildman–Crippen MR) is 58.0 cm³/mol. The average molecular weight is 209 g/mol. The van der Waals surface area contributed by atoms with Gasteiger partial charge >= 0.3 is 0 Å². The van der Waals surface area contributed by atoms with Crippen molar-refractivity contribution in [2.75, 3.05) is 13.1 Å². The highest BCUT2D eigenvalue weighted by molar-refractivity contribution is 5.76. The Balaban J connectivity index is 2.13. The highest BCUT2D eigenvalue weighted by Gasteiger charge is 2.22. The molecule has 0 heterocycles. The number of nitrogens with one attached hydrogen (secondary N) is 2. The first-order valence-corrected chi connectivity index (χ1v) is 5.66. The molecule has 0 saturated heterocycles. The molecule has 0 spiro atoms. The van der Waals surface area contributed by atoms with Gasteiger partial charge in [0, 0.05) is 6.54 Å². The normalized spacial score (nSPS) is 16.8. The van der Waals surface area contributed by atoms with Gasteiger partial charge in [-0.15, -0.1) is 0 Å². The Morgan fingerprint density at radius 3 is 2.87 bits per heavy atom. The molecule has 0 radical (unpaired) electrons. The van der Waals surface area contributed by atoms with Crippen LogP contribution in [0.15, 0.2) is 0 Å². The van der Waals surface area contributed by atoms with Gasteiger partial charge in [-0.25, -0.2) is 0 Å². The lowest BCUT2D eigenvalue weighted by molar-refractivity contribution is -0.121. The minimum atomic E-state index is -0.331. The lowest BCUT2D eigenvalue weighted by Crippen LogP contribution is -2.36. The monoisotopic (exact) mass is 209 g/mol. The number of carbonyl (C=O) groups is 1. The first-order valence-electron chi connectivity index (χ1n) is 5.66. The van der Waals surface area contributed by atoms with Crippen molar-refractivity contribution in [2.45, 2.75) is 38.6 Å². The maximum absolute atomic E-state index is 11.3. The Hall–Kier alpha value is -1.08. The molecule has 1 rings (SSSR count). The van der Waals surface area contributed by atoms with Crippen LogP contribution in [-0.2, 0) is 4.79 Å². The molecule has 1 aliphatic rings. The number of rotatable bonds is 7. The zero-order valence-electron chi connectivity index (χ0n) is 9.25. The van der Waals surface area contributed by atoms with Gasteiger partial charge in [-0.3, -0.25) is 4.79 Å². The van der Waals surface area contributed by atoms with Gasteiger partial charge in [0.05, 0.1) is 12.5 Å². The number of hydrogen-bond donors (Lipinski definition) is 2. The van der Waals surface area contributed by atoms with Crippen molar-refractivity contribution < 1.29 is 4.79 Å². The van der Waals surface area contributed by atoms with E-state index < -0.39 is 0 Å². The molecule has 15 heavy (non-hydrogen) atoms. The quantitative estimate of drug-likeness (QED) is 0.651. The van der Waals surface area contributed by atoms with Crippen molar-refractivity contribution in [3.05, 3.63) is 0 Å². The molecule has 1 saturated carbocycles. The molecule has 2 N–H and O–H groups in total. The second kappa shape index (κ2) is 6.41. The van der Waals surface area contributed by atoms with E-state index in [1.54, 1.807) is 0 Å². The fourth-order valence-corrected chi connectivity index (χ4v) is 1.32. The summed E-state index contributed by atoms with van der Waals surface area (Å²) in [7, 11) is 0. The molecule has 0 bridgehead atoms.